The molecule has 4 nitrogen and oxygen atoms in total. The van der Waals surface area contributed by atoms with E-state index in [0.717, 1.165) is 19.3 Å². The summed E-state index contributed by atoms with van der Waals surface area (Å²) >= 11 is 0. The summed E-state index contributed by atoms with van der Waals surface area (Å²) in [5, 5.41) is 5.86. The summed E-state index contributed by atoms with van der Waals surface area (Å²) in [6.45, 7) is 7.74. The molecule has 0 radical (unpaired) electrons. The van der Waals surface area contributed by atoms with Crippen molar-refractivity contribution in [1.29, 1.82) is 5.41 Å². The summed E-state index contributed by atoms with van der Waals surface area (Å²) in [6, 6.07) is 0. The first-order chi connectivity index (χ1) is 6.61. The molecule has 1 heterocycles. The quantitative estimate of drug-likeness (QED) is 0.455. The van der Waals surface area contributed by atoms with Gasteiger partial charge in [-0.3, -0.25) is 15.1 Å². The van der Waals surface area contributed by atoms with Crippen LogP contribution in [0.1, 0.15) is 27.2 Å². The average molecular weight is 201 g/mol. The van der Waals surface area contributed by atoms with Gasteiger partial charge in [0.2, 0.25) is 0 Å². The van der Waals surface area contributed by atoms with Gasteiger partial charge < -0.3 is 5.73 Å². The van der Waals surface area contributed by atoms with Gasteiger partial charge in [-0.25, -0.2) is 0 Å². The predicted octanol–water partition coefficient (Wildman–Crippen LogP) is 1.11. The second-order valence-electron chi connectivity index (χ2n) is 3.06. The lowest BCUT2D eigenvalue weighted by atomic mass is 9.98. The number of nitrogens with zero attached hydrogens (tertiary/aromatic N) is 1. The van der Waals surface area contributed by atoms with E-state index in [4.69, 9.17) is 5.41 Å². The van der Waals surface area contributed by atoms with E-state index in [1.807, 2.05) is 27.8 Å². The zero-order valence-corrected chi connectivity index (χ0v) is 9.71. The number of nitrogens with one attached hydrogen (secondary N) is 1. The molecular weight excluding hydrogens is 178 g/mol. The van der Waals surface area contributed by atoms with Crippen molar-refractivity contribution in [1.82, 2.24) is 4.90 Å². The Kier molecular flexibility index (Phi) is 11.3. The van der Waals surface area contributed by atoms with Gasteiger partial charge in [0.15, 0.2) is 0 Å². The largest absolute Gasteiger partial charge is 0.390 e. The van der Waals surface area contributed by atoms with Gasteiger partial charge in [0.1, 0.15) is 5.78 Å². The SMILES string of the molecule is CC.CC1CCN(C)CC1=O.N=CN. The lowest BCUT2D eigenvalue weighted by molar-refractivity contribution is -0.125. The maximum atomic E-state index is 11.0. The van der Waals surface area contributed by atoms with Gasteiger partial charge in [-0.2, -0.15) is 0 Å². The number of ketones is 1. The lowest BCUT2D eigenvalue weighted by Crippen LogP contribution is -2.37. The summed E-state index contributed by atoms with van der Waals surface area (Å²) in [6.07, 6.45) is 1.79. The number of likely N-dealkylation sites (N-methyl/N-ethyl adjacent to an activating group) is 1. The van der Waals surface area contributed by atoms with Crippen molar-refractivity contribution >= 4 is 12.1 Å². The Balaban J connectivity index is 0. The van der Waals surface area contributed by atoms with E-state index < -0.39 is 0 Å². The molecule has 1 saturated heterocycles. The van der Waals surface area contributed by atoms with E-state index in [1.165, 1.54) is 0 Å². The van der Waals surface area contributed by atoms with Crippen LogP contribution in [0.25, 0.3) is 0 Å². The summed E-state index contributed by atoms with van der Waals surface area (Å²) in [4.78, 5) is 13.0. The number of carbonyl (C=O) groups is 1. The van der Waals surface area contributed by atoms with Gasteiger partial charge in [-0.15, -0.1) is 0 Å². The zero-order valence-electron chi connectivity index (χ0n) is 9.71. The second kappa shape index (κ2) is 10.2. The van der Waals surface area contributed by atoms with Crippen LogP contribution in [0.5, 0.6) is 0 Å². The molecule has 1 aliphatic heterocycles. The smallest absolute Gasteiger partial charge is 0.149 e. The summed E-state index contributed by atoms with van der Waals surface area (Å²) in [5.74, 6) is 0.699. The number of piperidine rings is 1. The Hall–Kier alpha value is -0.900. The second-order valence-corrected chi connectivity index (χ2v) is 3.06. The fourth-order valence-electron chi connectivity index (χ4n) is 1.08. The van der Waals surface area contributed by atoms with Crippen LogP contribution in [0, 0.1) is 11.3 Å². The maximum absolute atomic E-state index is 11.0. The van der Waals surface area contributed by atoms with Crippen LogP contribution in [-0.4, -0.2) is 37.2 Å². The first kappa shape index (κ1) is 15.6. The van der Waals surface area contributed by atoms with Crippen molar-refractivity contribution in [3.8, 4) is 0 Å². The molecule has 1 rings (SSSR count). The topological polar surface area (TPSA) is 70.2 Å². The van der Waals surface area contributed by atoms with Crippen molar-refractivity contribution in [2.24, 2.45) is 11.7 Å². The summed E-state index contributed by atoms with van der Waals surface area (Å²) < 4.78 is 0. The van der Waals surface area contributed by atoms with Crippen LogP contribution < -0.4 is 5.73 Å². The van der Waals surface area contributed by atoms with Crippen LogP contribution in [0.2, 0.25) is 0 Å². The molecule has 0 saturated carbocycles. The van der Waals surface area contributed by atoms with Gasteiger partial charge >= 0.3 is 0 Å². The van der Waals surface area contributed by atoms with E-state index in [9.17, 15) is 4.79 Å². The Morgan fingerprint density at radius 2 is 2.00 bits per heavy atom. The predicted molar refractivity (Wildman–Crippen MR) is 60.6 cm³/mol. The number of hydrogen-bond donors (Lipinski definition) is 2. The number of likely N-dealkylation sites (tertiary alicyclic amines) is 1. The van der Waals surface area contributed by atoms with E-state index in [2.05, 4.69) is 10.6 Å². The van der Waals surface area contributed by atoms with Crippen LogP contribution in [0.15, 0.2) is 0 Å². The molecule has 1 fully saturated rings. The number of carbonyl (C=O) groups excluding carboxylic acids is 1. The molecule has 4 heteroatoms. The number of nitrogens with two attached hydrogens (primary N) is 1. The van der Waals surface area contributed by atoms with Gasteiger partial charge in [0.25, 0.3) is 0 Å². The highest BCUT2D eigenvalue weighted by Gasteiger charge is 2.20. The monoisotopic (exact) mass is 201 g/mol. The molecule has 0 bridgehead atoms. The third-order valence-corrected chi connectivity index (χ3v) is 1.92. The van der Waals surface area contributed by atoms with E-state index in [0.29, 0.717) is 18.2 Å². The van der Waals surface area contributed by atoms with Crippen LogP contribution in [-0.2, 0) is 4.79 Å². The molecule has 1 atom stereocenters. The first-order valence-corrected chi connectivity index (χ1v) is 5.03. The Morgan fingerprint density at radius 1 is 1.57 bits per heavy atom. The highest BCUT2D eigenvalue weighted by molar-refractivity contribution is 5.83. The Bertz CT molecular complexity index is 159. The Labute approximate surface area is 87.0 Å². The molecule has 0 aliphatic carbocycles. The van der Waals surface area contributed by atoms with Crippen LogP contribution >= 0.6 is 0 Å². The maximum Gasteiger partial charge on any atom is 0.149 e. The van der Waals surface area contributed by atoms with Gasteiger partial charge in [-0.1, -0.05) is 20.8 Å². The third kappa shape index (κ3) is 7.73. The molecule has 14 heavy (non-hydrogen) atoms. The summed E-state index contributed by atoms with van der Waals surface area (Å²) in [7, 11) is 1.99. The molecule has 3 N–H and O–H groups in total. The minimum atomic E-state index is 0.307. The molecule has 0 amide bonds. The van der Waals surface area contributed by atoms with Crippen LogP contribution in [0.4, 0.5) is 0 Å². The average Bonchev–Trinajstić information content (AvgIpc) is 2.17. The fraction of sp³-hybridized carbons (Fsp3) is 0.800. The summed E-state index contributed by atoms with van der Waals surface area (Å²) in [5.41, 5.74) is 4.39. The van der Waals surface area contributed by atoms with E-state index >= 15 is 0 Å². The molecule has 0 aromatic rings. The molecule has 0 aromatic carbocycles. The highest BCUT2D eigenvalue weighted by atomic mass is 16.1. The van der Waals surface area contributed by atoms with Gasteiger partial charge in [0, 0.05) is 5.92 Å². The standard InChI is InChI=1S/C7H13NO.C2H6.CH4N2/c1-6-3-4-8(2)5-7(6)9;1-2;2-1-3/h6H,3-5H2,1-2H3;1-2H3;1H,(H3,2,3). The van der Waals surface area contributed by atoms with E-state index in [-0.39, 0.29) is 0 Å². The van der Waals surface area contributed by atoms with Crippen LogP contribution in [0.3, 0.4) is 0 Å². The zero-order chi connectivity index (χ0) is 11.6. The lowest BCUT2D eigenvalue weighted by Gasteiger charge is -2.24. The third-order valence-electron chi connectivity index (χ3n) is 1.92. The minimum absolute atomic E-state index is 0.307. The van der Waals surface area contributed by atoms with Crippen molar-refractivity contribution in [3.63, 3.8) is 0 Å². The van der Waals surface area contributed by atoms with Gasteiger partial charge in [-0.05, 0) is 20.0 Å². The molecule has 1 unspecified atom stereocenters. The first-order valence-electron chi connectivity index (χ1n) is 5.03. The van der Waals surface area contributed by atoms with E-state index in [1.54, 1.807) is 0 Å². The molecule has 0 aromatic heterocycles. The highest BCUT2D eigenvalue weighted by Crippen LogP contribution is 2.10. The number of hydrogen-bond acceptors (Lipinski definition) is 3. The molecule has 0 spiro atoms. The van der Waals surface area contributed by atoms with Crippen molar-refractivity contribution in [3.05, 3.63) is 0 Å². The number of rotatable bonds is 0. The normalized spacial score (nSPS) is 21.1. The molecule has 84 valence electrons. The van der Waals surface area contributed by atoms with Gasteiger partial charge in [0.05, 0.1) is 12.9 Å². The molecular formula is C10H23N3O. The van der Waals surface area contributed by atoms with Crippen molar-refractivity contribution < 1.29 is 4.79 Å². The fourth-order valence-corrected chi connectivity index (χ4v) is 1.08. The minimum Gasteiger partial charge on any atom is -0.390 e. The molecule has 1 aliphatic rings. The number of Topliss-reactive ketones (excluding diaryl/α,β-unsaturated/α-hetero) is 1. The van der Waals surface area contributed by atoms with Crippen molar-refractivity contribution in [2.45, 2.75) is 27.2 Å². The Morgan fingerprint density at radius 3 is 2.29 bits per heavy atom. The van der Waals surface area contributed by atoms with Crippen molar-refractivity contribution in [2.75, 3.05) is 20.1 Å².